The van der Waals surface area contributed by atoms with Crippen LogP contribution < -0.4 is 10.6 Å². The first-order chi connectivity index (χ1) is 13.4. The fraction of sp³-hybridized carbons (Fsp3) is 0.368. The molecule has 1 atom stereocenters. The predicted octanol–water partition coefficient (Wildman–Crippen LogP) is 2.41. The van der Waals surface area contributed by atoms with E-state index in [-0.39, 0.29) is 24.1 Å². The summed E-state index contributed by atoms with van der Waals surface area (Å²) >= 11 is 2.85. The first kappa shape index (κ1) is 18.8. The summed E-state index contributed by atoms with van der Waals surface area (Å²) in [5, 5.41) is 7.47. The molecule has 7 nitrogen and oxygen atoms in total. The van der Waals surface area contributed by atoms with Crippen molar-refractivity contribution in [3.05, 3.63) is 43.8 Å². The number of ketones is 1. The summed E-state index contributed by atoms with van der Waals surface area (Å²) in [5.41, 5.74) is -0.164. The van der Waals surface area contributed by atoms with Gasteiger partial charge in [0.1, 0.15) is 5.54 Å². The molecule has 2 aromatic heterocycles. The Morgan fingerprint density at radius 1 is 1.29 bits per heavy atom. The lowest BCUT2D eigenvalue weighted by Gasteiger charge is -2.31. The van der Waals surface area contributed by atoms with Crippen LogP contribution in [0.2, 0.25) is 0 Å². The van der Waals surface area contributed by atoms with E-state index >= 15 is 0 Å². The number of Topliss-reactive ketones (excluding diaryl/α,β-unsaturated/α-hetero) is 1. The number of urea groups is 1. The van der Waals surface area contributed by atoms with Crippen molar-refractivity contribution >= 4 is 46.3 Å². The van der Waals surface area contributed by atoms with Gasteiger partial charge in [-0.25, -0.2) is 4.79 Å². The van der Waals surface area contributed by atoms with Gasteiger partial charge in [0, 0.05) is 22.2 Å². The first-order valence-electron chi connectivity index (χ1n) is 8.98. The van der Waals surface area contributed by atoms with Gasteiger partial charge < -0.3 is 10.6 Å². The van der Waals surface area contributed by atoms with Crippen LogP contribution in [-0.4, -0.2) is 35.1 Å². The quantitative estimate of drug-likeness (QED) is 0.577. The molecule has 2 aliphatic rings. The summed E-state index contributed by atoms with van der Waals surface area (Å²) in [5.74, 6) is -0.785. The van der Waals surface area contributed by atoms with E-state index in [0.29, 0.717) is 17.8 Å². The molecule has 0 bridgehead atoms. The molecule has 1 saturated heterocycles. The summed E-state index contributed by atoms with van der Waals surface area (Å²) in [6.45, 7) is 1.49. The monoisotopic (exact) mass is 417 g/mol. The molecule has 2 aromatic rings. The minimum Gasteiger partial charge on any atom is -0.351 e. The van der Waals surface area contributed by atoms with Crippen molar-refractivity contribution in [1.29, 1.82) is 0 Å². The molecule has 1 fully saturated rings. The molecule has 9 heteroatoms. The van der Waals surface area contributed by atoms with Crippen LogP contribution >= 0.6 is 22.7 Å². The van der Waals surface area contributed by atoms with Crippen molar-refractivity contribution in [1.82, 2.24) is 15.5 Å². The lowest BCUT2D eigenvalue weighted by molar-refractivity contribution is -0.131. The highest BCUT2D eigenvalue weighted by Gasteiger charge is 2.54. The van der Waals surface area contributed by atoms with Crippen molar-refractivity contribution in [3.8, 4) is 0 Å². The highest BCUT2D eigenvalue weighted by atomic mass is 32.1. The van der Waals surface area contributed by atoms with Crippen LogP contribution in [0.25, 0.3) is 0 Å². The number of amides is 4. The van der Waals surface area contributed by atoms with Gasteiger partial charge >= 0.3 is 6.03 Å². The lowest BCUT2D eigenvalue weighted by atomic mass is 9.80. The van der Waals surface area contributed by atoms with Crippen LogP contribution in [0, 0.1) is 0 Å². The van der Waals surface area contributed by atoms with Crippen molar-refractivity contribution in [3.63, 3.8) is 0 Å². The first-order valence-corrected chi connectivity index (χ1v) is 10.7. The molecule has 0 radical (unpaired) electrons. The molecule has 28 heavy (non-hydrogen) atoms. The van der Waals surface area contributed by atoms with Crippen LogP contribution in [-0.2, 0) is 28.1 Å². The summed E-state index contributed by atoms with van der Waals surface area (Å²) < 4.78 is 0. The Balaban J connectivity index is 1.50. The van der Waals surface area contributed by atoms with Crippen LogP contribution in [0.1, 0.15) is 44.8 Å². The molecule has 1 aliphatic heterocycles. The maximum atomic E-state index is 13.2. The number of thiophene rings is 2. The molecule has 4 rings (SSSR count). The SMILES string of the molecule is CC(=O)NCc1ccc(C(=O)CN2C(=O)N[C@]3(CCCc4sccc43)C2=O)s1. The molecule has 2 N–H and O–H groups in total. The number of rotatable bonds is 5. The highest BCUT2D eigenvalue weighted by Crippen LogP contribution is 2.42. The third kappa shape index (κ3) is 3.14. The fourth-order valence-corrected chi connectivity index (χ4v) is 5.62. The van der Waals surface area contributed by atoms with Gasteiger partial charge in [0.2, 0.25) is 5.91 Å². The fourth-order valence-electron chi connectivity index (χ4n) is 3.74. The molecule has 0 aromatic carbocycles. The second-order valence-electron chi connectivity index (χ2n) is 6.94. The molecular formula is C19H19N3O4S2. The van der Waals surface area contributed by atoms with E-state index in [4.69, 9.17) is 0 Å². The van der Waals surface area contributed by atoms with E-state index in [1.165, 1.54) is 18.3 Å². The molecule has 0 unspecified atom stereocenters. The van der Waals surface area contributed by atoms with Gasteiger partial charge in [0.15, 0.2) is 5.78 Å². The minimum atomic E-state index is -1.03. The summed E-state index contributed by atoms with van der Waals surface area (Å²) in [7, 11) is 0. The third-order valence-electron chi connectivity index (χ3n) is 5.09. The Morgan fingerprint density at radius 3 is 2.89 bits per heavy atom. The van der Waals surface area contributed by atoms with Gasteiger partial charge in [-0.2, -0.15) is 0 Å². The van der Waals surface area contributed by atoms with E-state index in [1.807, 2.05) is 11.4 Å². The molecule has 146 valence electrons. The maximum Gasteiger partial charge on any atom is 0.325 e. The molecule has 1 spiro atoms. The van der Waals surface area contributed by atoms with Crippen molar-refractivity contribution in [2.75, 3.05) is 6.54 Å². The predicted molar refractivity (Wildman–Crippen MR) is 105 cm³/mol. The molecular weight excluding hydrogens is 398 g/mol. The average molecular weight is 418 g/mol. The second-order valence-corrected chi connectivity index (χ2v) is 9.11. The van der Waals surface area contributed by atoms with E-state index in [2.05, 4.69) is 10.6 Å². The molecule has 3 heterocycles. The van der Waals surface area contributed by atoms with Gasteiger partial charge in [0.25, 0.3) is 5.91 Å². The average Bonchev–Trinajstić information content (AvgIpc) is 3.37. The number of nitrogens with one attached hydrogen (secondary N) is 2. The molecule has 4 amide bonds. The minimum absolute atomic E-state index is 0.147. The van der Waals surface area contributed by atoms with Gasteiger partial charge in [-0.3, -0.25) is 19.3 Å². The van der Waals surface area contributed by atoms with Gasteiger partial charge in [-0.1, -0.05) is 0 Å². The lowest BCUT2D eigenvalue weighted by Crippen LogP contribution is -2.46. The number of imide groups is 1. The van der Waals surface area contributed by atoms with E-state index in [9.17, 15) is 19.2 Å². The Labute approximate surface area is 169 Å². The van der Waals surface area contributed by atoms with Crippen molar-refractivity contribution in [2.45, 2.75) is 38.3 Å². The Kier molecular flexibility index (Phi) is 4.80. The van der Waals surface area contributed by atoms with Crippen LogP contribution in [0.15, 0.2) is 23.6 Å². The van der Waals surface area contributed by atoms with Crippen LogP contribution in [0.5, 0.6) is 0 Å². The summed E-state index contributed by atoms with van der Waals surface area (Å²) in [4.78, 5) is 52.8. The van der Waals surface area contributed by atoms with E-state index in [1.54, 1.807) is 23.5 Å². The largest absolute Gasteiger partial charge is 0.351 e. The van der Waals surface area contributed by atoms with Gasteiger partial charge in [0.05, 0.1) is 18.0 Å². The second kappa shape index (κ2) is 7.14. The zero-order valence-electron chi connectivity index (χ0n) is 15.2. The number of carbonyl (C=O) groups excluding carboxylic acids is 4. The Morgan fingerprint density at radius 2 is 2.11 bits per heavy atom. The normalized spacial score (nSPS) is 21.0. The van der Waals surface area contributed by atoms with Crippen LogP contribution in [0.3, 0.4) is 0 Å². The van der Waals surface area contributed by atoms with Gasteiger partial charge in [-0.05, 0) is 42.8 Å². The number of carbonyl (C=O) groups is 4. The topological polar surface area (TPSA) is 95.6 Å². The maximum absolute atomic E-state index is 13.2. The molecule has 1 aliphatic carbocycles. The number of hydrogen-bond donors (Lipinski definition) is 2. The van der Waals surface area contributed by atoms with Crippen LogP contribution in [0.4, 0.5) is 4.79 Å². The highest BCUT2D eigenvalue weighted by molar-refractivity contribution is 7.14. The summed E-state index contributed by atoms with van der Waals surface area (Å²) in [6, 6.07) is 4.80. The smallest absolute Gasteiger partial charge is 0.325 e. The zero-order valence-corrected chi connectivity index (χ0v) is 16.9. The number of fused-ring (bicyclic) bond motifs is 2. The Bertz CT molecular complexity index is 979. The standard InChI is InChI=1S/C19H19N3O4S2/c1-11(23)20-9-12-4-5-16(28-12)14(24)10-22-17(25)19(21-18(22)26)7-2-3-15-13(19)6-8-27-15/h4-6,8H,2-3,7,9-10H2,1H3,(H,20,23)(H,21,26)/t19-/m0/s1. The zero-order chi connectivity index (χ0) is 19.9. The Hall–Kier alpha value is -2.52. The summed E-state index contributed by atoms with van der Waals surface area (Å²) in [6.07, 6.45) is 2.27. The number of aryl methyl sites for hydroxylation is 1. The van der Waals surface area contributed by atoms with Gasteiger partial charge in [-0.15, -0.1) is 22.7 Å². The third-order valence-corrected chi connectivity index (χ3v) is 7.19. The van der Waals surface area contributed by atoms with Crippen molar-refractivity contribution < 1.29 is 19.2 Å². The number of hydrogen-bond acceptors (Lipinski definition) is 6. The molecule has 0 saturated carbocycles. The van der Waals surface area contributed by atoms with E-state index in [0.717, 1.165) is 33.1 Å². The number of nitrogens with zero attached hydrogens (tertiary/aromatic N) is 1. The van der Waals surface area contributed by atoms with E-state index < -0.39 is 11.6 Å². The van der Waals surface area contributed by atoms with Crippen molar-refractivity contribution in [2.24, 2.45) is 0 Å².